The zero-order valence-corrected chi connectivity index (χ0v) is 15.2. The van der Waals surface area contributed by atoms with Crippen LogP contribution in [-0.4, -0.2) is 23.8 Å². The maximum atomic E-state index is 14.5. The highest BCUT2D eigenvalue weighted by molar-refractivity contribution is 6.02. The number of carbonyl (C=O) groups is 1. The number of aliphatic imine (C=N–C) groups is 1. The molecule has 0 saturated heterocycles. The number of benzene rings is 2. The number of guanidine groups is 1. The van der Waals surface area contributed by atoms with Crippen LogP contribution in [0.5, 0.6) is 0 Å². The summed E-state index contributed by atoms with van der Waals surface area (Å²) in [4.78, 5) is 18.6. The Hall–Kier alpha value is -2.83. The van der Waals surface area contributed by atoms with Crippen molar-refractivity contribution in [1.82, 2.24) is 4.90 Å². The largest absolute Gasteiger partial charge is 0.369 e. The molecule has 0 aromatic heterocycles. The van der Waals surface area contributed by atoms with Crippen LogP contribution in [0.4, 0.5) is 13.2 Å². The third kappa shape index (κ3) is 3.18. The van der Waals surface area contributed by atoms with Crippen molar-refractivity contribution in [2.45, 2.75) is 31.2 Å². The summed E-state index contributed by atoms with van der Waals surface area (Å²) in [5, 5.41) is 0. The van der Waals surface area contributed by atoms with Crippen LogP contribution in [0.15, 0.2) is 53.5 Å². The van der Waals surface area contributed by atoms with E-state index in [2.05, 4.69) is 4.99 Å². The van der Waals surface area contributed by atoms with Crippen molar-refractivity contribution < 1.29 is 18.0 Å². The first-order valence-corrected chi connectivity index (χ1v) is 8.42. The molecule has 4 nitrogen and oxygen atoms in total. The van der Waals surface area contributed by atoms with Crippen LogP contribution >= 0.6 is 0 Å². The van der Waals surface area contributed by atoms with Gasteiger partial charge in [0, 0.05) is 25.1 Å². The molecule has 2 N–H and O–H groups in total. The molecule has 2 unspecified atom stereocenters. The van der Waals surface area contributed by atoms with E-state index in [0.29, 0.717) is 5.56 Å². The van der Waals surface area contributed by atoms with E-state index in [1.165, 1.54) is 42.3 Å². The van der Waals surface area contributed by atoms with Crippen LogP contribution in [-0.2, 0) is 16.3 Å². The summed E-state index contributed by atoms with van der Waals surface area (Å²) in [6, 6.07) is 11.5. The van der Waals surface area contributed by atoms with E-state index >= 15 is 0 Å². The van der Waals surface area contributed by atoms with Gasteiger partial charge < -0.3 is 5.73 Å². The van der Waals surface area contributed by atoms with Gasteiger partial charge in [0.15, 0.2) is 5.96 Å². The predicted octanol–water partition coefficient (Wildman–Crippen LogP) is 3.72. The van der Waals surface area contributed by atoms with Gasteiger partial charge in [0.2, 0.25) is 5.91 Å². The van der Waals surface area contributed by atoms with Gasteiger partial charge in [0.1, 0.15) is 11.4 Å². The average Bonchev–Trinajstić information content (AvgIpc) is 2.60. The van der Waals surface area contributed by atoms with E-state index in [1.807, 2.05) is 0 Å². The topological polar surface area (TPSA) is 58.7 Å². The smallest absolute Gasteiger partial charge is 0.270 e. The zero-order valence-electron chi connectivity index (χ0n) is 15.2. The van der Waals surface area contributed by atoms with Crippen molar-refractivity contribution in [3.05, 3.63) is 71.0 Å². The molecule has 3 rings (SSSR count). The number of amides is 1. The van der Waals surface area contributed by atoms with Gasteiger partial charge in [-0.25, -0.2) is 18.2 Å². The molecule has 1 heterocycles. The van der Waals surface area contributed by atoms with Crippen LogP contribution < -0.4 is 5.73 Å². The van der Waals surface area contributed by atoms with Crippen molar-refractivity contribution >= 4 is 11.9 Å². The first-order valence-electron chi connectivity index (χ1n) is 8.42. The normalized spacial score (nSPS) is 23.3. The maximum absolute atomic E-state index is 14.5. The lowest BCUT2D eigenvalue weighted by molar-refractivity contribution is -0.130. The summed E-state index contributed by atoms with van der Waals surface area (Å²) in [6.45, 7) is 2.42. The molecular weight excluding hydrogens is 355 g/mol. The summed E-state index contributed by atoms with van der Waals surface area (Å²) in [7, 11) is 1.48. The fourth-order valence-corrected chi connectivity index (χ4v) is 3.45. The molecule has 1 aliphatic heterocycles. The van der Waals surface area contributed by atoms with E-state index in [0.717, 1.165) is 6.92 Å². The standard InChI is InChI=1S/C20H20F3N3O/c1-19(14-6-4-5-7-15(14)21)16(17(27)26(3)18(24)25-19)12-8-10-13(11-9-12)20(2,22)23/h4-11,16H,1-3H3,(H2,24,25). The molecule has 2 aromatic carbocycles. The summed E-state index contributed by atoms with van der Waals surface area (Å²) in [6.07, 6.45) is 0. The summed E-state index contributed by atoms with van der Waals surface area (Å²) >= 11 is 0. The Kier molecular flexibility index (Phi) is 4.49. The van der Waals surface area contributed by atoms with Crippen LogP contribution in [0.3, 0.4) is 0 Å². The van der Waals surface area contributed by atoms with E-state index in [-0.39, 0.29) is 23.0 Å². The molecule has 142 valence electrons. The number of rotatable bonds is 3. The molecule has 1 aliphatic rings. The molecule has 0 aliphatic carbocycles. The Morgan fingerprint density at radius 2 is 1.74 bits per heavy atom. The van der Waals surface area contributed by atoms with Gasteiger partial charge in [-0.2, -0.15) is 0 Å². The SMILES string of the molecule is CN1C(=O)C(c2ccc(C(C)(F)F)cc2)C(C)(c2ccccc2F)N=C1N. The number of hydrogen-bond acceptors (Lipinski definition) is 3. The molecule has 2 atom stereocenters. The summed E-state index contributed by atoms with van der Waals surface area (Å²) in [5.41, 5.74) is 5.08. The van der Waals surface area contributed by atoms with Gasteiger partial charge in [-0.15, -0.1) is 0 Å². The van der Waals surface area contributed by atoms with Gasteiger partial charge in [-0.1, -0.05) is 42.5 Å². The summed E-state index contributed by atoms with van der Waals surface area (Å²) < 4.78 is 41.6. The molecule has 2 aromatic rings. The quantitative estimate of drug-likeness (QED) is 0.889. The van der Waals surface area contributed by atoms with Crippen molar-refractivity contribution in [2.75, 3.05) is 7.05 Å². The van der Waals surface area contributed by atoms with Gasteiger partial charge >= 0.3 is 0 Å². The maximum Gasteiger partial charge on any atom is 0.270 e. The number of carbonyl (C=O) groups excluding carboxylic acids is 1. The van der Waals surface area contributed by atoms with Crippen molar-refractivity contribution in [1.29, 1.82) is 0 Å². The Morgan fingerprint density at radius 3 is 2.30 bits per heavy atom. The highest BCUT2D eigenvalue weighted by Crippen LogP contribution is 2.45. The first-order chi connectivity index (χ1) is 12.6. The highest BCUT2D eigenvalue weighted by Gasteiger charge is 2.48. The molecule has 0 fully saturated rings. The minimum atomic E-state index is -3.00. The summed E-state index contributed by atoms with van der Waals surface area (Å²) in [5.74, 6) is -4.84. The van der Waals surface area contributed by atoms with Crippen LogP contribution in [0.25, 0.3) is 0 Å². The number of halogens is 3. The third-order valence-corrected chi connectivity index (χ3v) is 5.00. The highest BCUT2D eigenvalue weighted by atomic mass is 19.3. The van der Waals surface area contributed by atoms with Crippen LogP contribution in [0, 0.1) is 5.82 Å². The second-order valence-electron chi connectivity index (χ2n) is 6.94. The molecule has 0 spiro atoms. The Morgan fingerprint density at radius 1 is 1.15 bits per heavy atom. The molecular formula is C20H20F3N3O. The Bertz CT molecular complexity index is 905. The molecule has 0 bridgehead atoms. The second kappa shape index (κ2) is 6.40. The average molecular weight is 375 g/mol. The molecule has 7 heteroatoms. The third-order valence-electron chi connectivity index (χ3n) is 5.00. The number of alkyl halides is 2. The fourth-order valence-electron chi connectivity index (χ4n) is 3.45. The van der Waals surface area contributed by atoms with Gasteiger partial charge in [0.25, 0.3) is 5.92 Å². The van der Waals surface area contributed by atoms with Crippen LogP contribution in [0.2, 0.25) is 0 Å². The number of likely N-dealkylation sites (N-methyl/N-ethyl adjacent to an activating group) is 1. The molecule has 0 radical (unpaired) electrons. The lowest BCUT2D eigenvalue weighted by Gasteiger charge is -2.41. The minimum absolute atomic E-state index is 0.0290. The van der Waals surface area contributed by atoms with E-state index < -0.39 is 23.2 Å². The number of hydrogen-bond donors (Lipinski definition) is 1. The van der Waals surface area contributed by atoms with Crippen molar-refractivity contribution in [2.24, 2.45) is 10.7 Å². The Labute approximate surface area is 155 Å². The lowest BCUT2D eigenvalue weighted by Crippen LogP contribution is -2.52. The lowest BCUT2D eigenvalue weighted by atomic mass is 9.74. The van der Waals surface area contributed by atoms with E-state index in [4.69, 9.17) is 5.73 Å². The fraction of sp³-hybridized carbons (Fsp3) is 0.300. The van der Waals surface area contributed by atoms with Crippen molar-refractivity contribution in [3.8, 4) is 0 Å². The Balaban J connectivity index is 2.18. The van der Waals surface area contributed by atoms with Gasteiger partial charge in [0.05, 0.1) is 5.92 Å². The molecule has 0 saturated carbocycles. The molecule has 27 heavy (non-hydrogen) atoms. The van der Waals surface area contributed by atoms with Crippen LogP contribution in [0.1, 0.15) is 36.5 Å². The van der Waals surface area contributed by atoms with E-state index in [9.17, 15) is 18.0 Å². The van der Waals surface area contributed by atoms with Gasteiger partial charge in [-0.3, -0.25) is 9.69 Å². The van der Waals surface area contributed by atoms with Gasteiger partial charge in [-0.05, 0) is 18.6 Å². The minimum Gasteiger partial charge on any atom is -0.369 e. The number of nitrogens with zero attached hydrogens (tertiary/aromatic N) is 2. The van der Waals surface area contributed by atoms with E-state index in [1.54, 1.807) is 25.1 Å². The predicted molar refractivity (Wildman–Crippen MR) is 96.9 cm³/mol. The zero-order chi connectivity index (χ0) is 20.0. The number of nitrogens with two attached hydrogens (primary N) is 1. The monoisotopic (exact) mass is 375 g/mol. The molecule has 1 amide bonds. The second-order valence-corrected chi connectivity index (χ2v) is 6.94. The first kappa shape index (κ1) is 18.9. The van der Waals surface area contributed by atoms with Crippen molar-refractivity contribution in [3.63, 3.8) is 0 Å².